The molecule has 0 saturated carbocycles. The molecule has 4 atom stereocenters. The quantitative estimate of drug-likeness (QED) is 0.262. The van der Waals surface area contributed by atoms with E-state index in [0.29, 0.717) is 13.2 Å². The molecule has 51 heavy (non-hydrogen) atoms. The van der Waals surface area contributed by atoms with E-state index in [9.17, 15) is 0 Å². The fraction of sp³-hybridized carbons (Fsp3) is 1.00. The summed E-state index contributed by atoms with van der Waals surface area (Å²) in [5.41, 5.74) is -0.592. The van der Waals surface area contributed by atoms with Crippen molar-refractivity contribution in [1.82, 2.24) is 14.7 Å². The molecule has 0 aromatic carbocycles. The smallest absolute Gasteiger partial charge is 0.173 e. The summed E-state index contributed by atoms with van der Waals surface area (Å²) in [6.07, 6.45) is 6.87. The first-order valence-corrected chi connectivity index (χ1v) is 20.7. The van der Waals surface area contributed by atoms with Crippen molar-refractivity contribution in [2.24, 2.45) is 0 Å². The topological polar surface area (TPSA) is 65.1 Å². The molecule has 0 amide bonds. The minimum Gasteiger partial charge on any atom is -0.347 e. The lowest BCUT2D eigenvalue weighted by atomic mass is 9.74. The van der Waals surface area contributed by atoms with Crippen LogP contribution in [0, 0.1) is 0 Å². The standard InChI is InChI=1S/C42H77N3O6/c1-16-19-43-34(4,5)24-40(25-35(43,6)7)46-22-30(48-40)33-32-31(49-42(51-33)28-38(12,13)45(21-18-3)39(14,15)29-42)23-47-41(50-32)26-36(8,9)44(20-17-2)37(10,11)27-41/h30-33H,16-29H2,1-15H3/t30-,31+,32-,33-/m1/s1. The Hall–Kier alpha value is -0.360. The summed E-state index contributed by atoms with van der Waals surface area (Å²) in [7, 11) is 0. The van der Waals surface area contributed by atoms with Crippen LogP contribution in [0.4, 0.5) is 0 Å². The average Bonchev–Trinajstić information content (AvgIpc) is 3.35. The predicted molar refractivity (Wildman–Crippen MR) is 203 cm³/mol. The summed E-state index contributed by atoms with van der Waals surface area (Å²) >= 11 is 0. The Balaban J connectivity index is 1.34. The van der Waals surface area contributed by atoms with Gasteiger partial charge in [-0.25, -0.2) is 0 Å². The van der Waals surface area contributed by atoms with Crippen LogP contribution in [0.2, 0.25) is 0 Å². The maximum Gasteiger partial charge on any atom is 0.173 e. The Kier molecular flexibility index (Phi) is 10.4. The molecule has 9 heteroatoms. The number of fused-ring (bicyclic) bond motifs is 1. The fourth-order valence-corrected chi connectivity index (χ4v) is 12.9. The molecule has 0 radical (unpaired) electrons. The molecular weight excluding hydrogens is 642 g/mol. The van der Waals surface area contributed by atoms with E-state index in [0.717, 1.165) is 77.4 Å². The van der Waals surface area contributed by atoms with Gasteiger partial charge in [-0.15, -0.1) is 0 Å². The summed E-state index contributed by atoms with van der Waals surface area (Å²) in [6, 6.07) is 0. The Bertz CT molecular complexity index is 1210. The van der Waals surface area contributed by atoms with Crippen LogP contribution in [-0.4, -0.2) is 123 Å². The highest BCUT2D eigenvalue weighted by Crippen LogP contribution is 2.55. The van der Waals surface area contributed by atoms with Gasteiger partial charge >= 0.3 is 0 Å². The normalized spacial score (nSPS) is 37.5. The van der Waals surface area contributed by atoms with Crippen molar-refractivity contribution in [3.8, 4) is 0 Å². The average molecular weight is 720 g/mol. The lowest BCUT2D eigenvalue weighted by molar-refractivity contribution is -0.450. The summed E-state index contributed by atoms with van der Waals surface area (Å²) in [4.78, 5) is 7.98. The minimum atomic E-state index is -0.786. The molecule has 3 spiro atoms. The monoisotopic (exact) mass is 720 g/mol. The van der Waals surface area contributed by atoms with Gasteiger partial charge in [0, 0.05) is 71.8 Å². The third kappa shape index (κ3) is 7.25. The van der Waals surface area contributed by atoms with E-state index in [4.69, 9.17) is 28.4 Å². The van der Waals surface area contributed by atoms with Crippen LogP contribution in [0.15, 0.2) is 0 Å². The summed E-state index contributed by atoms with van der Waals surface area (Å²) in [5, 5.41) is 0. The Morgan fingerprint density at radius 2 is 0.647 bits per heavy atom. The molecular formula is C42H77N3O6. The molecule has 6 saturated heterocycles. The number of piperidine rings is 3. The Morgan fingerprint density at radius 1 is 0.392 bits per heavy atom. The maximum absolute atomic E-state index is 7.51. The zero-order valence-corrected chi connectivity index (χ0v) is 35.5. The second-order valence-corrected chi connectivity index (χ2v) is 21.2. The van der Waals surface area contributed by atoms with Crippen LogP contribution in [-0.2, 0) is 28.4 Å². The van der Waals surface area contributed by atoms with Crippen molar-refractivity contribution in [2.75, 3.05) is 32.8 Å². The van der Waals surface area contributed by atoms with E-state index in [1.807, 2.05) is 0 Å². The lowest BCUT2D eigenvalue weighted by Crippen LogP contribution is -2.75. The van der Waals surface area contributed by atoms with Gasteiger partial charge in [0.2, 0.25) is 0 Å². The van der Waals surface area contributed by atoms with Gasteiger partial charge < -0.3 is 28.4 Å². The highest BCUT2D eigenvalue weighted by molar-refractivity contribution is 5.12. The van der Waals surface area contributed by atoms with E-state index in [2.05, 4.69) is 119 Å². The van der Waals surface area contributed by atoms with Crippen LogP contribution in [0.1, 0.15) is 162 Å². The van der Waals surface area contributed by atoms with Gasteiger partial charge in [-0.05, 0) is 122 Å². The molecule has 6 rings (SSSR count). The number of hydrogen-bond acceptors (Lipinski definition) is 9. The number of hydrogen-bond donors (Lipinski definition) is 0. The van der Waals surface area contributed by atoms with Crippen molar-refractivity contribution >= 4 is 0 Å². The summed E-state index contributed by atoms with van der Waals surface area (Å²) in [5.74, 6) is -2.19. The highest BCUT2D eigenvalue weighted by Gasteiger charge is 2.66. The first kappa shape index (κ1) is 40.3. The van der Waals surface area contributed by atoms with Crippen molar-refractivity contribution in [1.29, 1.82) is 0 Å². The molecule has 296 valence electrons. The number of rotatable bonds is 7. The molecule has 0 unspecified atom stereocenters. The van der Waals surface area contributed by atoms with E-state index < -0.39 is 17.4 Å². The molecule has 0 bridgehead atoms. The van der Waals surface area contributed by atoms with Gasteiger partial charge in [0.05, 0.1) is 13.2 Å². The van der Waals surface area contributed by atoms with E-state index in [1.54, 1.807) is 0 Å². The number of nitrogens with zero attached hydrogens (tertiary/aromatic N) is 3. The Labute approximate surface area is 312 Å². The van der Waals surface area contributed by atoms with Gasteiger partial charge in [0.1, 0.15) is 24.4 Å². The molecule has 9 nitrogen and oxygen atoms in total. The molecule has 6 aliphatic heterocycles. The lowest BCUT2D eigenvalue weighted by Gasteiger charge is -2.65. The zero-order valence-electron chi connectivity index (χ0n) is 35.5. The van der Waals surface area contributed by atoms with Crippen LogP contribution >= 0.6 is 0 Å². The maximum atomic E-state index is 7.51. The number of ether oxygens (including phenoxy) is 6. The first-order valence-electron chi connectivity index (χ1n) is 20.7. The molecule has 6 heterocycles. The molecule has 0 aliphatic carbocycles. The first-order chi connectivity index (χ1) is 23.4. The molecule has 6 aliphatic rings. The highest BCUT2D eigenvalue weighted by atomic mass is 16.8. The van der Waals surface area contributed by atoms with Gasteiger partial charge in [-0.3, -0.25) is 14.7 Å². The van der Waals surface area contributed by atoms with Gasteiger partial charge in [-0.1, -0.05) is 20.8 Å². The summed E-state index contributed by atoms with van der Waals surface area (Å²) in [6.45, 7) is 39.2. The van der Waals surface area contributed by atoms with Crippen LogP contribution in [0.5, 0.6) is 0 Å². The molecule has 0 aromatic rings. The van der Waals surface area contributed by atoms with Crippen LogP contribution in [0.25, 0.3) is 0 Å². The number of likely N-dealkylation sites (tertiary alicyclic amines) is 3. The van der Waals surface area contributed by atoms with Crippen molar-refractivity contribution in [3.63, 3.8) is 0 Å². The van der Waals surface area contributed by atoms with Crippen molar-refractivity contribution in [3.05, 3.63) is 0 Å². The minimum absolute atomic E-state index is 0.0735. The third-order valence-corrected chi connectivity index (χ3v) is 13.4. The predicted octanol–water partition coefficient (Wildman–Crippen LogP) is 7.88. The van der Waals surface area contributed by atoms with Gasteiger partial charge in [-0.2, -0.15) is 0 Å². The molecule has 0 N–H and O–H groups in total. The van der Waals surface area contributed by atoms with Crippen molar-refractivity contribution < 1.29 is 28.4 Å². The van der Waals surface area contributed by atoms with E-state index in [-0.39, 0.29) is 57.6 Å². The summed E-state index contributed by atoms with van der Waals surface area (Å²) < 4.78 is 43.3. The van der Waals surface area contributed by atoms with Crippen molar-refractivity contribution in [2.45, 2.75) is 237 Å². The van der Waals surface area contributed by atoms with E-state index in [1.165, 1.54) is 0 Å². The zero-order chi connectivity index (χ0) is 37.7. The third-order valence-electron chi connectivity index (χ3n) is 13.4. The Morgan fingerprint density at radius 3 is 0.961 bits per heavy atom. The second-order valence-electron chi connectivity index (χ2n) is 21.2. The SMILES string of the molecule is CCCN1C(C)(C)CC2(CC1(C)C)OC[C@@H]1OC3(CC(C)(C)N(CCC)C(C)(C)C3)O[C@H]([C@H]3COC4(CC(C)(C)N(CCC)C(C)(C)C4)O3)[C@@H]1O2. The van der Waals surface area contributed by atoms with Gasteiger partial charge in [0.15, 0.2) is 17.4 Å². The largest absolute Gasteiger partial charge is 0.347 e. The fourth-order valence-electron chi connectivity index (χ4n) is 12.9. The second kappa shape index (κ2) is 13.1. The molecule has 6 fully saturated rings. The molecule has 0 aromatic heterocycles. The van der Waals surface area contributed by atoms with Gasteiger partial charge in [0.25, 0.3) is 0 Å². The van der Waals surface area contributed by atoms with E-state index >= 15 is 0 Å². The van der Waals surface area contributed by atoms with Crippen LogP contribution in [0.3, 0.4) is 0 Å². The van der Waals surface area contributed by atoms with Crippen LogP contribution < -0.4 is 0 Å².